The minimum atomic E-state index is -3.93. The van der Waals surface area contributed by atoms with Crippen molar-refractivity contribution >= 4 is 21.8 Å². The molecule has 2 aromatic rings. The van der Waals surface area contributed by atoms with E-state index in [1.165, 1.54) is 20.8 Å². The van der Waals surface area contributed by atoms with Gasteiger partial charge in [-0.2, -0.15) is 4.72 Å². The third-order valence-electron chi connectivity index (χ3n) is 5.47. The molecule has 2 N–H and O–H groups in total. The van der Waals surface area contributed by atoms with Crippen molar-refractivity contribution in [1.82, 2.24) is 20.1 Å². The number of sulfonamides is 1. The molecule has 31 heavy (non-hydrogen) atoms. The molecule has 0 spiro atoms. The number of hydrogen-bond acceptors (Lipinski definition) is 6. The molecule has 1 aromatic carbocycles. The summed E-state index contributed by atoms with van der Waals surface area (Å²) in [5.41, 5.74) is 1.80. The summed E-state index contributed by atoms with van der Waals surface area (Å²) in [5, 5.41) is 6.69. The zero-order chi connectivity index (χ0) is 22.8. The molecule has 1 saturated heterocycles. The monoisotopic (exact) mass is 448 g/mol. The van der Waals surface area contributed by atoms with E-state index < -0.39 is 16.1 Å². The molecule has 2 heterocycles. The van der Waals surface area contributed by atoms with E-state index in [0.29, 0.717) is 31.5 Å². The van der Waals surface area contributed by atoms with Crippen LogP contribution < -0.4 is 10.0 Å². The van der Waals surface area contributed by atoms with Gasteiger partial charge in [-0.3, -0.25) is 9.59 Å². The van der Waals surface area contributed by atoms with Gasteiger partial charge < -0.3 is 14.7 Å². The topological polar surface area (TPSA) is 122 Å². The summed E-state index contributed by atoms with van der Waals surface area (Å²) >= 11 is 0. The second kappa shape index (κ2) is 9.19. The van der Waals surface area contributed by atoms with E-state index in [-0.39, 0.29) is 34.2 Å². The van der Waals surface area contributed by atoms with Gasteiger partial charge in [-0.25, -0.2) is 8.42 Å². The second-order valence-electron chi connectivity index (χ2n) is 7.88. The fourth-order valence-corrected chi connectivity index (χ4v) is 5.34. The average molecular weight is 449 g/mol. The molecule has 0 saturated carbocycles. The maximum atomic E-state index is 12.8. The number of carbonyl (C=O) groups is 2. The Morgan fingerprint density at radius 3 is 2.39 bits per heavy atom. The van der Waals surface area contributed by atoms with Crippen molar-refractivity contribution in [3.8, 4) is 0 Å². The number of aromatic nitrogens is 1. The van der Waals surface area contributed by atoms with E-state index >= 15 is 0 Å². The molecule has 0 unspecified atom stereocenters. The summed E-state index contributed by atoms with van der Waals surface area (Å²) in [7, 11) is -3.93. The lowest BCUT2D eigenvalue weighted by atomic mass is 10.0. The first kappa shape index (κ1) is 23.0. The van der Waals surface area contributed by atoms with E-state index in [2.05, 4.69) is 15.2 Å². The number of hydrogen-bond donors (Lipinski definition) is 2. The van der Waals surface area contributed by atoms with Crippen LogP contribution in [0.4, 0.5) is 0 Å². The van der Waals surface area contributed by atoms with Crippen LogP contribution in [0.15, 0.2) is 33.7 Å². The predicted octanol–water partition coefficient (Wildman–Crippen LogP) is 1.69. The first-order valence-electron chi connectivity index (χ1n) is 10.2. The third-order valence-corrected chi connectivity index (χ3v) is 7.25. The molecule has 1 atom stereocenters. The van der Waals surface area contributed by atoms with Crippen molar-refractivity contribution in [1.29, 1.82) is 0 Å². The van der Waals surface area contributed by atoms with Crippen LogP contribution in [0.5, 0.6) is 0 Å². The summed E-state index contributed by atoms with van der Waals surface area (Å²) in [5.74, 6) is -0.252. The molecule has 1 aliphatic rings. The highest BCUT2D eigenvalue weighted by Crippen LogP contribution is 2.20. The van der Waals surface area contributed by atoms with Gasteiger partial charge in [-0.15, -0.1) is 0 Å². The number of carbonyl (C=O) groups excluding carboxylic acids is 2. The summed E-state index contributed by atoms with van der Waals surface area (Å²) in [6.07, 6.45) is 1.21. The van der Waals surface area contributed by atoms with Crippen LogP contribution in [-0.4, -0.2) is 55.5 Å². The quantitative estimate of drug-likeness (QED) is 0.694. The van der Waals surface area contributed by atoms with Crippen molar-refractivity contribution in [2.45, 2.75) is 57.5 Å². The van der Waals surface area contributed by atoms with Gasteiger partial charge in [0, 0.05) is 24.7 Å². The molecule has 10 heteroatoms. The van der Waals surface area contributed by atoms with E-state index in [9.17, 15) is 18.0 Å². The lowest BCUT2D eigenvalue weighted by molar-refractivity contribution is -0.133. The van der Waals surface area contributed by atoms with Gasteiger partial charge in [0.15, 0.2) is 5.76 Å². The summed E-state index contributed by atoms with van der Waals surface area (Å²) in [6, 6.07) is 6.42. The van der Waals surface area contributed by atoms with Crippen LogP contribution in [0.25, 0.3) is 0 Å². The molecule has 0 bridgehead atoms. The van der Waals surface area contributed by atoms with Crippen molar-refractivity contribution in [3.63, 3.8) is 0 Å². The Hall–Kier alpha value is -2.72. The molecule has 1 fully saturated rings. The predicted molar refractivity (Wildman–Crippen MR) is 114 cm³/mol. The third kappa shape index (κ3) is 5.13. The van der Waals surface area contributed by atoms with E-state index in [0.717, 1.165) is 5.56 Å². The molecular weight excluding hydrogens is 420 g/mol. The van der Waals surface area contributed by atoms with Gasteiger partial charge in [0.2, 0.25) is 15.9 Å². The maximum Gasteiger partial charge on any atom is 0.251 e. The highest BCUT2D eigenvalue weighted by molar-refractivity contribution is 7.89. The first-order valence-corrected chi connectivity index (χ1v) is 11.7. The lowest BCUT2D eigenvalue weighted by Gasteiger charge is -2.34. The average Bonchev–Trinajstić information content (AvgIpc) is 3.07. The van der Waals surface area contributed by atoms with Crippen LogP contribution in [0, 0.1) is 20.8 Å². The molecule has 168 valence electrons. The van der Waals surface area contributed by atoms with Crippen molar-refractivity contribution < 1.29 is 22.5 Å². The van der Waals surface area contributed by atoms with Crippen molar-refractivity contribution in [2.75, 3.05) is 13.1 Å². The molecule has 0 radical (unpaired) electrons. The molecule has 2 amide bonds. The Balaban J connectivity index is 1.55. The summed E-state index contributed by atoms with van der Waals surface area (Å²) in [4.78, 5) is 26.9. The Morgan fingerprint density at radius 1 is 1.16 bits per heavy atom. The van der Waals surface area contributed by atoms with Crippen LogP contribution >= 0.6 is 0 Å². The largest absolute Gasteiger partial charge is 0.360 e. The number of likely N-dealkylation sites (tertiary alicyclic amines) is 1. The molecule has 1 aromatic heterocycles. The Kier molecular flexibility index (Phi) is 6.80. The van der Waals surface area contributed by atoms with Crippen molar-refractivity contribution in [3.05, 3.63) is 46.8 Å². The first-order chi connectivity index (χ1) is 14.6. The van der Waals surface area contributed by atoms with E-state index in [1.807, 2.05) is 25.1 Å². The zero-order valence-electron chi connectivity index (χ0n) is 18.1. The normalized spacial score (nSPS) is 16.2. The SMILES string of the molecule is Cc1ccccc1C(=O)NC1CCN(C(=O)[C@H](C)NS(=O)(=O)c2c(C)noc2C)CC1. The fourth-order valence-electron chi connectivity index (χ4n) is 3.81. The number of piperidine rings is 1. The second-order valence-corrected chi connectivity index (χ2v) is 9.54. The van der Waals surface area contributed by atoms with Crippen LogP contribution in [-0.2, 0) is 14.8 Å². The highest BCUT2D eigenvalue weighted by Gasteiger charge is 2.32. The lowest BCUT2D eigenvalue weighted by Crippen LogP contribution is -2.52. The smallest absolute Gasteiger partial charge is 0.251 e. The zero-order valence-corrected chi connectivity index (χ0v) is 19.0. The molecule has 0 aliphatic carbocycles. The van der Waals surface area contributed by atoms with Gasteiger partial charge in [-0.1, -0.05) is 23.4 Å². The maximum absolute atomic E-state index is 12.8. The van der Waals surface area contributed by atoms with Gasteiger partial charge in [0.1, 0.15) is 10.6 Å². The Labute approximate surface area is 182 Å². The van der Waals surface area contributed by atoms with Gasteiger partial charge >= 0.3 is 0 Å². The van der Waals surface area contributed by atoms with Crippen molar-refractivity contribution in [2.24, 2.45) is 0 Å². The number of rotatable bonds is 6. The minimum absolute atomic E-state index is 0.0366. The van der Waals surface area contributed by atoms with E-state index in [4.69, 9.17) is 4.52 Å². The van der Waals surface area contributed by atoms with Crippen LogP contribution in [0.3, 0.4) is 0 Å². The van der Waals surface area contributed by atoms with Crippen LogP contribution in [0.1, 0.15) is 47.1 Å². The number of benzene rings is 1. The summed E-state index contributed by atoms with van der Waals surface area (Å²) < 4.78 is 32.6. The number of amides is 2. The Morgan fingerprint density at radius 2 is 1.81 bits per heavy atom. The van der Waals surface area contributed by atoms with Crippen LogP contribution in [0.2, 0.25) is 0 Å². The number of nitrogens with one attached hydrogen (secondary N) is 2. The molecule has 1 aliphatic heterocycles. The number of aryl methyl sites for hydroxylation is 3. The molecule has 3 rings (SSSR count). The molecule has 9 nitrogen and oxygen atoms in total. The van der Waals surface area contributed by atoms with Gasteiger partial charge in [-0.05, 0) is 52.2 Å². The standard InChI is InChI=1S/C21H28N4O5S/c1-13-7-5-6-8-18(13)20(26)22-17-9-11-25(12-10-17)21(27)15(3)24-31(28,29)19-14(2)23-30-16(19)4/h5-8,15,17,24H,9-12H2,1-4H3,(H,22,26)/t15-/m0/s1. The van der Waals surface area contributed by atoms with Gasteiger partial charge in [0.25, 0.3) is 5.91 Å². The van der Waals surface area contributed by atoms with Gasteiger partial charge in [0.05, 0.1) is 6.04 Å². The fraction of sp³-hybridized carbons (Fsp3) is 0.476. The minimum Gasteiger partial charge on any atom is -0.360 e. The highest BCUT2D eigenvalue weighted by atomic mass is 32.2. The Bertz CT molecular complexity index is 1050. The number of nitrogens with zero attached hydrogens (tertiary/aromatic N) is 2. The summed E-state index contributed by atoms with van der Waals surface area (Å²) in [6.45, 7) is 7.33. The molecular formula is C21H28N4O5S. The van der Waals surface area contributed by atoms with E-state index in [1.54, 1.807) is 11.0 Å².